The molecular formula is C44H26N4. The lowest BCUT2D eigenvalue weighted by atomic mass is 9.91. The van der Waals surface area contributed by atoms with Crippen LogP contribution in [0.3, 0.4) is 0 Å². The first-order chi connectivity index (χ1) is 23.7. The van der Waals surface area contributed by atoms with E-state index in [2.05, 4.69) is 137 Å². The van der Waals surface area contributed by atoms with Gasteiger partial charge in [-0.3, -0.25) is 0 Å². The third-order valence-corrected chi connectivity index (χ3v) is 9.38. The van der Waals surface area contributed by atoms with Crippen LogP contribution < -0.4 is 0 Å². The van der Waals surface area contributed by atoms with E-state index >= 15 is 0 Å². The summed E-state index contributed by atoms with van der Waals surface area (Å²) in [6.07, 6.45) is 0. The molecule has 2 aromatic heterocycles. The van der Waals surface area contributed by atoms with Crippen LogP contribution in [0.25, 0.3) is 77.2 Å². The van der Waals surface area contributed by atoms with Gasteiger partial charge in [0, 0.05) is 32.7 Å². The summed E-state index contributed by atoms with van der Waals surface area (Å²) in [7, 11) is 0. The van der Waals surface area contributed by atoms with Gasteiger partial charge in [0.2, 0.25) is 0 Å². The van der Waals surface area contributed by atoms with Crippen LogP contribution in [0.2, 0.25) is 0 Å². The summed E-state index contributed by atoms with van der Waals surface area (Å²) in [4.78, 5) is 0. The van der Waals surface area contributed by atoms with Crippen LogP contribution in [-0.4, -0.2) is 9.13 Å². The Morgan fingerprint density at radius 2 is 0.875 bits per heavy atom. The summed E-state index contributed by atoms with van der Waals surface area (Å²) in [6.45, 7) is 0. The minimum Gasteiger partial charge on any atom is -0.309 e. The predicted octanol–water partition coefficient (Wildman–Crippen LogP) is 11.0. The van der Waals surface area contributed by atoms with Crippen molar-refractivity contribution in [3.63, 3.8) is 0 Å². The Labute approximate surface area is 277 Å². The van der Waals surface area contributed by atoms with Gasteiger partial charge >= 0.3 is 0 Å². The number of para-hydroxylation sites is 4. The third-order valence-electron chi connectivity index (χ3n) is 9.38. The van der Waals surface area contributed by atoms with Gasteiger partial charge in [-0.05, 0) is 71.8 Å². The molecule has 48 heavy (non-hydrogen) atoms. The fourth-order valence-electron chi connectivity index (χ4n) is 7.38. The molecule has 0 aliphatic heterocycles. The molecule has 7 aromatic carbocycles. The topological polar surface area (TPSA) is 57.4 Å². The Morgan fingerprint density at radius 1 is 0.375 bits per heavy atom. The van der Waals surface area contributed by atoms with Crippen LogP contribution in [-0.2, 0) is 0 Å². The summed E-state index contributed by atoms with van der Waals surface area (Å²) < 4.78 is 4.67. The van der Waals surface area contributed by atoms with Gasteiger partial charge in [-0.2, -0.15) is 10.5 Å². The standard InChI is InChI=1S/C44H26N4/c45-27-29-11-9-12-31(25-29)44-36(17-10-22-43(44)48-41-21-8-4-16-35(41)37-26-30(28-46)23-24-42(37)48)34-15-3-7-20-40(34)47-38-18-5-1-13-32(38)33-14-2-6-19-39(33)47/h1-26H. The van der Waals surface area contributed by atoms with E-state index in [1.54, 1.807) is 0 Å². The summed E-state index contributed by atoms with van der Waals surface area (Å²) >= 11 is 0. The maximum Gasteiger partial charge on any atom is 0.0991 e. The normalized spacial score (nSPS) is 11.3. The Kier molecular flexibility index (Phi) is 6.22. The largest absolute Gasteiger partial charge is 0.309 e. The van der Waals surface area contributed by atoms with Gasteiger partial charge in [0.05, 0.1) is 56.7 Å². The molecule has 0 saturated carbocycles. The maximum atomic E-state index is 9.97. The van der Waals surface area contributed by atoms with E-state index in [9.17, 15) is 10.5 Å². The lowest BCUT2D eigenvalue weighted by Gasteiger charge is -2.21. The highest BCUT2D eigenvalue weighted by atomic mass is 15.0. The number of aromatic nitrogens is 2. The quantitative estimate of drug-likeness (QED) is 0.199. The number of hydrogen-bond donors (Lipinski definition) is 0. The summed E-state index contributed by atoms with van der Waals surface area (Å²) in [5.74, 6) is 0. The fourth-order valence-corrected chi connectivity index (χ4v) is 7.38. The zero-order chi connectivity index (χ0) is 32.2. The van der Waals surface area contributed by atoms with Crippen LogP contribution >= 0.6 is 0 Å². The molecule has 4 heteroatoms. The van der Waals surface area contributed by atoms with Crippen molar-refractivity contribution in [3.8, 4) is 45.8 Å². The highest BCUT2D eigenvalue weighted by molar-refractivity contribution is 6.12. The molecule has 0 spiro atoms. The third kappa shape index (κ3) is 4.07. The van der Waals surface area contributed by atoms with Crippen LogP contribution in [0.15, 0.2) is 158 Å². The van der Waals surface area contributed by atoms with Gasteiger partial charge in [-0.1, -0.05) is 97.1 Å². The van der Waals surface area contributed by atoms with Crippen LogP contribution in [0, 0.1) is 22.7 Å². The van der Waals surface area contributed by atoms with Gasteiger partial charge in [-0.25, -0.2) is 0 Å². The van der Waals surface area contributed by atoms with Crippen molar-refractivity contribution in [1.82, 2.24) is 9.13 Å². The zero-order valence-corrected chi connectivity index (χ0v) is 25.8. The van der Waals surface area contributed by atoms with Crippen molar-refractivity contribution >= 4 is 43.6 Å². The molecular weight excluding hydrogens is 585 g/mol. The molecule has 0 unspecified atom stereocenters. The second kappa shape index (κ2) is 10.9. The Morgan fingerprint density at radius 3 is 1.56 bits per heavy atom. The minimum absolute atomic E-state index is 0.602. The number of rotatable bonds is 4. The molecule has 9 aromatic rings. The van der Waals surface area contributed by atoms with Gasteiger partial charge < -0.3 is 9.13 Å². The average molecular weight is 611 g/mol. The molecule has 0 fully saturated rings. The van der Waals surface area contributed by atoms with Crippen molar-refractivity contribution in [2.24, 2.45) is 0 Å². The van der Waals surface area contributed by atoms with Gasteiger partial charge in [0.1, 0.15) is 0 Å². The molecule has 2 heterocycles. The van der Waals surface area contributed by atoms with E-state index in [1.807, 2.05) is 42.5 Å². The van der Waals surface area contributed by atoms with Crippen molar-refractivity contribution in [1.29, 1.82) is 10.5 Å². The van der Waals surface area contributed by atoms with Crippen molar-refractivity contribution < 1.29 is 0 Å². The zero-order valence-electron chi connectivity index (χ0n) is 25.8. The Hall–Kier alpha value is -6.88. The van der Waals surface area contributed by atoms with Gasteiger partial charge in [0.15, 0.2) is 0 Å². The molecule has 0 aliphatic carbocycles. The first-order valence-corrected chi connectivity index (χ1v) is 15.9. The fraction of sp³-hybridized carbons (Fsp3) is 0. The Balaban J connectivity index is 1.41. The average Bonchev–Trinajstić information content (AvgIpc) is 3.67. The number of nitrogens with zero attached hydrogens (tertiary/aromatic N) is 4. The van der Waals surface area contributed by atoms with Crippen LogP contribution in [0.5, 0.6) is 0 Å². The molecule has 222 valence electrons. The van der Waals surface area contributed by atoms with Crippen LogP contribution in [0.4, 0.5) is 0 Å². The smallest absolute Gasteiger partial charge is 0.0991 e. The molecule has 4 nitrogen and oxygen atoms in total. The second-order valence-electron chi connectivity index (χ2n) is 12.0. The molecule has 0 saturated heterocycles. The van der Waals surface area contributed by atoms with E-state index in [1.165, 1.54) is 10.8 Å². The second-order valence-corrected chi connectivity index (χ2v) is 12.0. The monoisotopic (exact) mass is 610 g/mol. The number of hydrogen-bond acceptors (Lipinski definition) is 2. The molecule has 0 radical (unpaired) electrons. The molecule has 9 rings (SSSR count). The van der Waals surface area contributed by atoms with Crippen molar-refractivity contribution in [3.05, 3.63) is 169 Å². The molecule has 0 atom stereocenters. The lowest BCUT2D eigenvalue weighted by molar-refractivity contribution is 1.17. The lowest BCUT2D eigenvalue weighted by Crippen LogP contribution is -2.02. The van der Waals surface area contributed by atoms with E-state index in [0.717, 1.165) is 66.5 Å². The molecule has 0 amide bonds. The molecule has 0 aliphatic rings. The molecule has 0 bridgehead atoms. The van der Waals surface area contributed by atoms with Gasteiger partial charge in [0.25, 0.3) is 0 Å². The number of benzene rings is 7. The Bertz CT molecular complexity index is 2760. The van der Waals surface area contributed by atoms with E-state index in [-0.39, 0.29) is 0 Å². The number of fused-ring (bicyclic) bond motifs is 6. The highest BCUT2D eigenvalue weighted by Gasteiger charge is 2.22. The molecule has 0 N–H and O–H groups in total. The van der Waals surface area contributed by atoms with E-state index in [4.69, 9.17) is 0 Å². The van der Waals surface area contributed by atoms with Gasteiger partial charge in [-0.15, -0.1) is 0 Å². The van der Waals surface area contributed by atoms with Crippen molar-refractivity contribution in [2.75, 3.05) is 0 Å². The van der Waals surface area contributed by atoms with Crippen LogP contribution in [0.1, 0.15) is 11.1 Å². The highest BCUT2D eigenvalue weighted by Crippen LogP contribution is 2.44. The summed E-state index contributed by atoms with van der Waals surface area (Å²) in [5.41, 5.74) is 11.8. The van der Waals surface area contributed by atoms with E-state index < -0.39 is 0 Å². The first-order valence-electron chi connectivity index (χ1n) is 15.9. The minimum atomic E-state index is 0.602. The SMILES string of the molecule is N#Cc1cccc(-c2c(-c3ccccc3-n3c4ccccc4c4ccccc43)cccc2-n2c3ccccc3c3cc(C#N)ccc32)c1. The van der Waals surface area contributed by atoms with Crippen molar-refractivity contribution in [2.45, 2.75) is 0 Å². The maximum absolute atomic E-state index is 9.97. The summed E-state index contributed by atoms with van der Waals surface area (Å²) in [5, 5.41) is 24.2. The predicted molar refractivity (Wildman–Crippen MR) is 195 cm³/mol. The van der Waals surface area contributed by atoms with E-state index in [0.29, 0.717) is 11.1 Å². The number of nitriles is 2. The summed E-state index contributed by atoms with van der Waals surface area (Å²) in [6, 6.07) is 59.0. The first kappa shape index (κ1) is 27.4.